The Morgan fingerprint density at radius 2 is 1.67 bits per heavy atom. The quantitative estimate of drug-likeness (QED) is 0.549. The van der Waals surface area contributed by atoms with Crippen molar-refractivity contribution >= 4 is 6.29 Å². The Morgan fingerprint density at radius 1 is 1.06 bits per heavy atom. The predicted octanol–water partition coefficient (Wildman–Crippen LogP) is 3.65. The summed E-state index contributed by atoms with van der Waals surface area (Å²) in [5.74, 6) is 0.893. The number of aldehydes is 1. The summed E-state index contributed by atoms with van der Waals surface area (Å²) >= 11 is 0. The number of carbonyl (C=O) groups is 1. The van der Waals surface area contributed by atoms with Crippen LogP contribution in [0.5, 0.6) is 0 Å². The largest absolute Gasteiger partial charge is 0.305 e. The van der Waals surface area contributed by atoms with Crippen molar-refractivity contribution in [2.75, 3.05) is 20.1 Å². The summed E-state index contributed by atoms with van der Waals surface area (Å²) < 4.78 is 0. The van der Waals surface area contributed by atoms with Gasteiger partial charge < -0.3 is 9.69 Å². The van der Waals surface area contributed by atoms with Crippen LogP contribution in [0.4, 0.5) is 0 Å². The first-order valence-electron chi connectivity index (χ1n) is 7.89. The standard InChI is InChI=1S/C16H29NO/c1-17(12-15-8-4-5-9-15)13-16(14-18)10-6-2-3-7-11-16/h14-15H,2-13H2,1H3. The van der Waals surface area contributed by atoms with E-state index < -0.39 is 0 Å². The molecule has 0 aromatic rings. The number of hydrogen-bond donors (Lipinski definition) is 0. The minimum Gasteiger partial charge on any atom is -0.305 e. The maximum Gasteiger partial charge on any atom is 0.127 e. The molecule has 0 radical (unpaired) electrons. The van der Waals surface area contributed by atoms with Gasteiger partial charge in [0, 0.05) is 18.5 Å². The molecule has 18 heavy (non-hydrogen) atoms. The maximum atomic E-state index is 11.6. The average molecular weight is 251 g/mol. The Hall–Kier alpha value is -0.370. The molecule has 0 bridgehead atoms. The minimum absolute atomic E-state index is 0.0240. The van der Waals surface area contributed by atoms with Gasteiger partial charge in [-0.1, -0.05) is 38.5 Å². The normalized spacial score (nSPS) is 25.2. The Bertz CT molecular complexity index is 250. The van der Waals surface area contributed by atoms with Gasteiger partial charge in [-0.05, 0) is 38.6 Å². The van der Waals surface area contributed by atoms with Crippen LogP contribution in [0.2, 0.25) is 0 Å². The van der Waals surface area contributed by atoms with Crippen LogP contribution in [0.1, 0.15) is 64.2 Å². The van der Waals surface area contributed by atoms with Gasteiger partial charge in [-0.25, -0.2) is 0 Å². The van der Waals surface area contributed by atoms with E-state index in [0.717, 1.165) is 25.3 Å². The molecule has 2 nitrogen and oxygen atoms in total. The molecule has 0 spiro atoms. The maximum absolute atomic E-state index is 11.6. The van der Waals surface area contributed by atoms with Crippen molar-refractivity contribution in [2.45, 2.75) is 64.2 Å². The lowest BCUT2D eigenvalue weighted by molar-refractivity contribution is -0.118. The predicted molar refractivity (Wildman–Crippen MR) is 75.7 cm³/mol. The molecule has 0 aliphatic heterocycles. The smallest absolute Gasteiger partial charge is 0.127 e. The molecule has 0 saturated heterocycles. The van der Waals surface area contributed by atoms with Crippen molar-refractivity contribution in [3.05, 3.63) is 0 Å². The summed E-state index contributed by atoms with van der Waals surface area (Å²) in [6.45, 7) is 2.20. The van der Waals surface area contributed by atoms with Gasteiger partial charge in [-0.15, -0.1) is 0 Å². The third-order valence-corrected chi connectivity index (χ3v) is 4.98. The third-order valence-electron chi connectivity index (χ3n) is 4.98. The molecule has 0 heterocycles. The molecule has 0 aromatic heterocycles. The second-order valence-electron chi connectivity index (χ2n) is 6.74. The van der Waals surface area contributed by atoms with Crippen LogP contribution >= 0.6 is 0 Å². The highest BCUT2D eigenvalue weighted by molar-refractivity contribution is 5.59. The van der Waals surface area contributed by atoms with E-state index in [2.05, 4.69) is 11.9 Å². The van der Waals surface area contributed by atoms with Gasteiger partial charge in [0.15, 0.2) is 0 Å². The van der Waals surface area contributed by atoms with Gasteiger partial charge in [0.2, 0.25) is 0 Å². The molecule has 0 atom stereocenters. The summed E-state index contributed by atoms with van der Waals surface area (Å²) in [5.41, 5.74) is -0.0240. The molecule has 2 heteroatoms. The van der Waals surface area contributed by atoms with E-state index in [1.54, 1.807) is 0 Å². The van der Waals surface area contributed by atoms with Crippen LogP contribution in [-0.2, 0) is 4.79 Å². The monoisotopic (exact) mass is 251 g/mol. The summed E-state index contributed by atoms with van der Waals surface area (Å²) in [7, 11) is 2.22. The molecule has 2 aliphatic rings. The van der Waals surface area contributed by atoms with Crippen LogP contribution in [0.15, 0.2) is 0 Å². The van der Waals surface area contributed by atoms with E-state index >= 15 is 0 Å². The molecule has 2 aliphatic carbocycles. The van der Waals surface area contributed by atoms with Crippen molar-refractivity contribution in [2.24, 2.45) is 11.3 Å². The molecule has 0 aromatic carbocycles. The topological polar surface area (TPSA) is 20.3 Å². The number of carbonyl (C=O) groups excluding carboxylic acids is 1. The average Bonchev–Trinajstić information content (AvgIpc) is 2.74. The number of rotatable bonds is 5. The van der Waals surface area contributed by atoms with E-state index in [9.17, 15) is 4.79 Å². The van der Waals surface area contributed by atoms with Crippen LogP contribution in [0.3, 0.4) is 0 Å². The van der Waals surface area contributed by atoms with Gasteiger partial charge in [0.05, 0.1) is 0 Å². The molecular weight excluding hydrogens is 222 g/mol. The van der Waals surface area contributed by atoms with Gasteiger partial charge in [-0.2, -0.15) is 0 Å². The highest BCUT2D eigenvalue weighted by atomic mass is 16.1. The minimum atomic E-state index is -0.0240. The van der Waals surface area contributed by atoms with Crippen molar-refractivity contribution in [1.82, 2.24) is 4.90 Å². The zero-order valence-electron chi connectivity index (χ0n) is 12.0. The van der Waals surface area contributed by atoms with E-state index in [0.29, 0.717) is 0 Å². The first-order chi connectivity index (χ1) is 8.74. The lowest BCUT2D eigenvalue weighted by Crippen LogP contribution is -2.38. The fraction of sp³-hybridized carbons (Fsp3) is 0.938. The van der Waals surface area contributed by atoms with Crippen LogP contribution in [-0.4, -0.2) is 31.3 Å². The van der Waals surface area contributed by atoms with E-state index in [1.807, 2.05) is 0 Å². The Balaban J connectivity index is 1.85. The van der Waals surface area contributed by atoms with Gasteiger partial charge in [0.1, 0.15) is 6.29 Å². The molecular formula is C16H29NO. The van der Waals surface area contributed by atoms with E-state index in [4.69, 9.17) is 0 Å². The highest BCUT2D eigenvalue weighted by Crippen LogP contribution is 2.34. The van der Waals surface area contributed by atoms with Gasteiger partial charge in [0.25, 0.3) is 0 Å². The lowest BCUT2D eigenvalue weighted by Gasteiger charge is -2.32. The zero-order valence-corrected chi connectivity index (χ0v) is 12.0. The Kier molecular flexibility index (Phi) is 5.23. The molecule has 2 fully saturated rings. The van der Waals surface area contributed by atoms with Gasteiger partial charge >= 0.3 is 0 Å². The summed E-state index contributed by atoms with van der Waals surface area (Å²) in [6, 6.07) is 0. The highest BCUT2D eigenvalue weighted by Gasteiger charge is 2.32. The lowest BCUT2D eigenvalue weighted by atomic mass is 9.81. The van der Waals surface area contributed by atoms with Gasteiger partial charge in [-0.3, -0.25) is 0 Å². The SMILES string of the molecule is CN(CC1CCCC1)CC1(C=O)CCCCCC1. The van der Waals surface area contributed by atoms with E-state index in [1.165, 1.54) is 64.2 Å². The second-order valence-corrected chi connectivity index (χ2v) is 6.74. The fourth-order valence-corrected chi connectivity index (χ4v) is 3.98. The molecule has 2 saturated carbocycles. The van der Waals surface area contributed by atoms with Crippen LogP contribution in [0, 0.1) is 11.3 Å². The van der Waals surface area contributed by atoms with Crippen molar-refractivity contribution in [3.8, 4) is 0 Å². The zero-order chi connectivity index (χ0) is 12.8. The summed E-state index contributed by atoms with van der Waals surface area (Å²) in [5, 5.41) is 0. The van der Waals surface area contributed by atoms with Crippen LogP contribution < -0.4 is 0 Å². The molecule has 0 N–H and O–H groups in total. The molecule has 104 valence electrons. The van der Waals surface area contributed by atoms with Crippen LogP contribution in [0.25, 0.3) is 0 Å². The summed E-state index contributed by atoms with van der Waals surface area (Å²) in [4.78, 5) is 14.0. The third kappa shape index (κ3) is 3.81. The Labute approximate surface area is 112 Å². The second kappa shape index (κ2) is 6.70. The first kappa shape index (κ1) is 14.0. The van der Waals surface area contributed by atoms with Crippen molar-refractivity contribution in [1.29, 1.82) is 0 Å². The molecule has 2 rings (SSSR count). The first-order valence-corrected chi connectivity index (χ1v) is 7.89. The molecule has 0 amide bonds. The summed E-state index contributed by atoms with van der Waals surface area (Å²) in [6.07, 6.45) is 14.3. The fourth-order valence-electron chi connectivity index (χ4n) is 3.98. The molecule has 0 unspecified atom stereocenters. The van der Waals surface area contributed by atoms with Crippen molar-refractivity contribution in [3.63, 3.8) is 0 Å². The van der Waals surface area contributed by atoms with Crippen molar-refractivity contribution < 1.29 is 4.79 Å². The Morgan fingerprint density at radius 3 is 2.22 bits per heavy atom. The number of hydrogen-bond acceptors (Lipinski definition) is 2. The number of nitrogens with zero attached hydrogens (tertiary/aromatic N) is 1. The van der Waals surface area contributed by atoms with E-state index in [-0.39, 0.29) is 5.41 Å².